The number of urea groups is 1. The highest BCUT2D eigenvalue weighted by Gasteiger charge is 2.29. The predicted molar refractivity (Wildman–Crippen MR) is 86.9 cm³/mol. The van der Waals surface area contributed by atoms with Gasteiger partial charge in [-0.05, 0) is 24.8 Å². The molecule has 120 valence electrons. The molecular weight excluding hydrogens is 276 g/mol. The van der Waals surface area contributed by atoms with Crippen LogP contribution in [-0.2, 0) is 11.2 Å². The van der Waals surface area contributed by atoms with Crippen LogP contribution in [0.2, 0.25) is 0 Å². The van der Waals surface area contributed by atoms with Crippen molar-refractivity contribution in [2.45, 2.75) is 50.6 Å². The van der Waals surface area contributed by atoms with Crippen molar-refractivity contribution in [2.75, 3.05) is 19.8 Å². The van der Waals surface area contributed by atoms with Gasteiger partial charge >= 0.3 is 6.03 Å². The molecule has 0 aromatic heterocycles. The quantitative estimate of drug-likeness (QED) is 0.932. The van der Waals surface area contributed by atoms with Gasteiger partial charge in [0, 0.05) is 12.6 Å². The van der Waals surface area contributed by atoms with Gasteiger partial charge in [0.15, 0.2) is 0 Å². The van der Waals surface area contributed by atoms with Crippen molar-refractivity contribution in [3.05, 3.63) is 35.9 Å². The van der Waals surface area contributed by atoms with Gasteiger partial charge in [-0.15, -0.1) is 0 Å². The Labute approximate surface area is 132 Å². The van der Waals surface area contributed by atoms with Crippen molar-refractivity contribution < 1.29 is 9.53 Å². The third-order valence-electron chi connectivity index (χ3n) is 4.74. The van der Waals surface area contributed by atoms with E-state index < -0.39 is 0 Å². The van der Waals surface area contributed by atoms with E-state index in [1.54, 1.807) is 0 Å². The Morgan fingerprint density at radius 1 is 1.18 bits per heavy atom. The highest BCUT2D eigenvalue weighted by atomic mass is 16.5. The summed E-state index contributed by atoms with van der Waals surface area (Å²) in [6.45, 7) is 1.96. The van der Waals surface area contributed by atoms with Gasteiger partial charge in [0.25, 0.3) is 0 Å². The summed E-state index contributed by atoms with van der Waals surface area (Å²) >= 11 is 0. The lowest BCUT2D eigenvalue weighted by Gasteiger charge is -2.37. The van der Waals surface area contributed by atoms with Crippen LogP contribution in [-0.4, -0.2) is 42.8 Å². The summed E-state index contributed by atoms with van der Waals surface area (Å²) in [5.74, 6) is 0. The summed E-state index contributed by atoms with van der Waals surface area (Å²) in [6.07, 6.45) is 6.89. The molecule has 1 aliphatic carbocycles. The number of hydrogen-bond donors (Lipinski definition) is 1. The van der Waals surface area contributed by atoms with Crippen LogP contribution in [0.5, 0.6) is 0 Å². The van der Waals surface area contributed by atoms with Crippen molar-refractivity contribution in [1.82, 2.24) is 10.2 Å². The first-order chi connectivity index (χ1) is 10.8. The number of benzene rings is 1. The van der Waals surface area contributed by atoms with Gasteiger partial charge in [0.2, 0.25) is 0 Å². The van der Waals surface area contributed by atoms with Gasteiger partial charge in [0.1, 0.15) is 0 Å². The maximum absolute atomic E-state index is 12.6. The zero-order valence-electron chi connectivity index (χ0n) is 13.2. The SMILES string of the molecule is O=C(NC1CCCCC1)N1CCOCC1Cc1ccccc1. The van der Waals surface area contributed by atoms with Crippen molar-refractivity contribution in [3.63, 3.8) is 0 Å². The molecule has 1 saturated heterocycles. The standard InChI is InChI=1S/C18H26N2O2/c21-18(19-16-9-5-2-6-10-16)20-11-12-22-14-17(20)13-15-7-3-1-4-8-15/h1,3-4,7-8,16-17H,2,5-6,9-14H2,(H,19,21). The molecule has 0 bridgehead atoms. The van der Waals surface area contributed by atoms with Gasteiger partial charge in [0.05, 0.1) is 19.3 Å². The fourth-order valence-electron chi connectivity index (χ4n) is 3.48. The smallest absolute Gasteiger partial charge is 0.318 e. The Hall–Kier alpha value is -1.55. The lowest BCUT2D eigenvalue weighted by Crippen LogP contribution is -2.55. The van der Waals surface area contributed by atoms with Gasteiger partial charge in [-0.3, -0.25) is 0 Å². The predicted octanol–water partition coefficient (Wildman–Crippen LogP) is 2.97. The fourth-order valence-corrected chi connectivity index (χ4v) is 3.48. The zero-order chi connectivity index (χ0) is 15.2. The van der Waals surface area contributed by atoms with Gasteiger partial charge in [-0.2, -0.15) is 0 Å². The monoisotopic (exact) mass is 302 g/mol. The first-order valence-electron chi connectivity index (χ1n) is 8.52. The molecule has 1 aromatic rings. The molecule has 1 aliphatic heterocycles. The summed E-state index contributed by atoms with van der Waals surface area (Å²) in [7, 11) is 0. The molecule has 0 radical (unpaired) electrons. The van der Waals surface area contributed by atoms with E-state index in [-0.39, 0.29) is 12.1 Å². The summed E-state index contributed by atoms with van der Waals surface area (Å²) in [5.41, 5.74) is 1.26. The molecule has 1 saturated carbocycles. The van der Waals surface area contributed by atoms with E-state index >= 15 is 0 Å². The summed E-state index contributed by atoms with van der Waals surface area (Å²) in [6, 6.07) is 10.9. The number of morpholine rings is 1. The molecule has 1 unspecified atom stereocenters. The molecule has 2 aliphatic rings. The fraction of sp³-hybridized carbons (Fsp3) is 0.611. The van der Waals surface area contributed by atoms with Gasteiger partial charge in [-0.25, -0.2) is 4.79 Å². The average molecular weight is 302 g/mol. The molecule has 3 rings (SSSR count). The van der Waals surface area contributed by atoms with Crippen LogP contribution >= 0.6 is 0 Å². The topological polar surface area (TPSA) is 41.6 Å². The molecule has 2 amide bonds. The first-order valence-corrected chi connectivity index (χ1v) is 8.52. The normalized spacial score (nSPS) is 23.3. The number of carbonyl (C=O) groups is 1. The number of rotatable bonds is 3. The van der Waals surface area contributed by atoms with Crippen LogP contribution in [0.25, 0.3) is 0 Å². The van der Waals surface area contributed by atoms with Crippen LogP contribution < -0.4 is 5.32 Å². The summed E-state index contributed by atoms with van der Waals surface area (Å²) in [4.78, 5) is 14.6. The Balaban J connectivity index is 1.60. The molecule has 0 spiro atoms. The van der Waals surface area contributed by atoms with Crippen molar-refractivity contribution >= 4 is 6.03 Å². The highest BCUT2D eigenvalue weighted by Crippen LogP contribution is 2.19. The van der Waals surface area contributed by atoms with Crippen molar-refractivity contribution in [2.24, 2.45) is 0 Å². The molecule has 1 atom stereocenters. The second-order valence-corrected chi connectivity index (χ2v) is 6.40. The van der Waals surface area contributed by atoms with E-state index in [0.717, 1.165) is 19.3 Å². The van der Waals surface area contributed by atoms with E-state index in [0.29, 0.717) is 25.8 Å². The van der Waals surface area contributed by atoms with E-state index in [9.17, 15) is 4.79 Å². The van der Waals surface area contributed by atoms with E-state index in [2.05, 4.69) is 17.4 Å². The Kier molecular flexibility index (Phi) is 5.33. The Morgan fingerprint density at radius 3 is 2.73 bits per heavy atom. The maximum Gasteiger partial charge on any atom is 0.318 e. The zero-order valence-corrected chi connectivity index (χ0v) is 13.2. The van der Waals surface area contributed by atoms with Crippen molar-refractivity contribution in [3.8, 4) is 0 Å². The molecule has 2 fully saturated rings. The van der Waals surface area contributed by atoms with Crippen LogP contribution in [0.3, 0.4) is 0 Å². The first kappa shape index (κ1) is 15.3. The molecule has 22 heavy (non-hydrogen) atoms. The number of carbonyl (C=O) groups excluding carboxylic acids is 1. The van der Waals surface area contributed by atoms with E-state index in [4.69, 9.17) is 4.74 Å². The maximum atomic E-state index is 12.6. The number of amides is 2. The highest BCUT2D eigenvalue weighted by molar-refractivity contribution is 5.75. The molecule has 1 N–H and O–H groups in total. The second kappa shape index (κ2) is 7.63. The molecule has 4 nitrogen and oxygen atoms in total. The third kappa shape index (κ3) is 4.01. The van der Waals surface area contributed by atoms with Gasteiger partial charge in [-0.1, -0.05) is 49.6 Å². The number of hydrogen-bond acceptors (Lipinski definition) is 2. The van der Waals surface area contributed by atoms with Crippen molar-refractivity contribution in [1.29, 1.82) is 0 Å². The molecular formula is C18H26N2O2. The van der Waals surface area contributed by atoms with Crippen LogP contribution in [0.15, 0.2) is 30.3 Å². The average Bonchev–Trinajstić information content (AvgIpc) is 2.57. The number of nitrogens with zero attached hydrogens (tertiary/aromatic N) is 1. The van der Waals surface area contributed by atoms with Gasteiger partial charge < -0.3 is 15.0 Å². The minimum absolute atomic E-state index is 0.0936. The lowest BCUT2D eigenvalue weighted by atomic mass is 9.95. The minimum Gasteiger partial charge on any atom is -0.377 e. The molecule has 1 heterocycles. The van der Waals surface area contributed by atoms with E-state index in [1.165, 1.54) is 24.8 Å². The summed E-state index contributed by atoms with van der Waals surface area (Å²) in [5, 5.41) is 3.24. The molecule has 1 aromatic carbocycles. The number of nitrogens with one attached hydrogen (secondary N) is 1. The van der Waals surface area contributed by atoms with E-state index in [1.807, 2.05) is 23.1 Å². The largest absolute Gasteiger partial charge is 0.377 e. The molecule has 4 heteroatoms. The van der Waals surface area contributed by atoms with Crippen LogP contribution in [0.4, 0.5) is 4.79 Å². The Morgan fingerprint density at radius 2 is 1.95 bits per heavy atom. The lowest BCUT2D eigenvalue weighted by molar-refractivity contribution is 0.0118. The Bertz CT molecular complexity index is 471. The third-order valence-corrected chi connectivity index (χ3v) is 4.74. The van der Waals surface area contributed by atoms with Crippen LogP contribution in [0, 0.1) is 0 Å². The summed E-state index contributed by atoms with van der Waals surface area (Å²) < 4.78 is 5.60. The second-order valence-electron chi connectivity index (χ2n) is 6.40. The minimum atomic E-state index is 0.0936. The van der Waals surface area contributed by atoms with Crippen LogP contribution in [0.1, 0.15) is 37.7 Å². The number of ether oxygens (including phenoxy) is 1.